The maximum Gasteiger partial charge on any atom is 0.161 e. The summed E-state index contributed by atoms with van der Waals surface area (Å²) < 4.78 is 10.8. The van der Waals surface area contributed by atoms with Crippen molar-refractivity contribution < 1.29 is 19.7 Å². The highest BCUT2D eigenvalue weighted by Crippen LogP contribution is 2.36. The first-order valence-corrected chi connectivity index (χ1v) is 7.11. The van der Waals surface area contributed by atoms with Gasteiger partial charge in [0.1, 0.15) is 11.9 Å². The molecule has 0 amide bonds. The molecule has 2 N–H and O–H groups in total. The van der Waals surface area contributed by atoms with Crippen molar-refractivity contribution in [2.75, 3.05) is 14.2 Å². The van der Waals surface area contributed by atoms with Gasteiger partial charge < -0.3 is 19.7 Å². The van der Waals surface area contributed by atoms with E-state index in [1.54, 1.807) is 49.7 Å². The van der Waals surface area contributed by atoms with E-state index >= 15 is 0 Å². The standard InChI is InChI=1S/C18H17NO4/c1-22-16-9-12-7-8-19-17(14(12)10-15(16)21)18(23-2)11-3-5-13(20)6-4-11/h3-10,18,20-21H,1-2H3. The second-order valence-electron chi connectivity index (χ2n) is 5.15. The number of phenols is 2. The van der Waals surface area contributed by atoms with Crippen molar-refractivity contribution >= 4 is 10.8 Å². The average Bonchev–Trinajstić information content (AvgIpc) is 2.57. The Hall–Kier alpha value is -2.79. The van der Waals surface area contributed by atoms with Crippen molar-refractivity contribution in [3.63, 3.8) is 0 Å². The van der Waals surface area contributed by atoms with Gasteiger partial charge in [0.15, 0.2) is 11.5 Å². The first-order chi connectivity index (χ1) is 11.1. The molecule has 3 rings (SSSR count). The van der Waals surface area contributed by atoms with Crippen LogP contribution in [0.15, 0.2) is 48.7 Å². The molecular weight excluding hydrogens is 294 g/mol. The number of ether oxygens (including phenoxy) is 2. The minimum absolute atomic E-state index is 0.0507. The second kappa shape index (κ2) is 6.14. The molecule has 1 unspecified atom stereocenters. The molecule has 23 heavy (non-hydrogen) atoms. The van der Waals surface area contributed by atoms with Crippen LogP contribution in [0.25, 0.3) is 10.8 Å². The minimum Gasteiger partial charge on any atom is -0.508 e. The van der Waals surface area contributed by atoms with Gasteiger partial charge in [0.25, 0.3) is 0 Å². The third kappa shape index (κ3) is 2.78. The molecule has 1 aromatic heterocycles. The lowest BCUT2D eigenvalue weighted by Gasteiger charge is -2.18. The smallest absolute Gasteiger partial charge is 0.161 e. The lowest BCUT2D eigenvalue weighted by Crippen LogP contribution is -2.06. The molecule has 1 heterocycles. The fraction of sp³-hybridized carbons (Fsp3) is 0.167. The molecule has 0 saturated heterocycles. The second-order valence-corrected chi connectivity index (χ2v) is 5.15. The van der Waals surface area contributed by atoms with Gasteiger partial charge in [-0.3, -0.25) is 4.98 Å². The highest BCUT2D eigenvalue weighted by Gasteiger charge is 2.19. The van der Waals surface area contributed by atoms with E-state index in [1.807, 2.05) is 6.07 Å². The van der Waals surface area contributed by atoms with Gasteiger partial charge in [-0.15, -0.1) is 0 Å². The van der Waals surface area contributed by atoms with E-state index in [0.717, 1.165) is 16.3 Å². The van der Waals surface area contributed by atoms with Gasteiger partial charge in [-0.2, -0.15) is 0 Å². The average molecular weight is 311 g/mol. The molecule has 5 nitrogen and oxygen atoms in total. The number of benzene rings is 2. The third-order valence-electron chi connectivity index (χ3n) is 3.77. The highest BCUT2D eigenvalue weighted by molar-refractivity contribution is 5.88. The van der Waals surface area contributed by atoms with Gasteiger partial charge >= 0.3 is 0 Å². The van der Waals surface area contributed by atoms with Crippen molar-refractivity contribution in [1.29, 1.82) is 0 Å². The molecule has 118 valence electrons. The number of rotatable bonds is 4. The van der Waals surface area contributed by atoms with E-state index in [-0.39, 0.29) is 11.5 Å². The first-order valence-electron chi connectivity index (χ1n) is 7.11. The summed E-state index contributed by atoms with van der Waals surface area (Å²) in [5, 5.41) is 21.2. The van der Waals surface area contributed by atoms with Crippen LogP contribution in [0.4, 0.5) is 0 Å². The Morgan fingerprint density at radius 1 is 1.00 bits per heavy atom. The maximum absolute atomic E-state index is 10.1. The van der Waals surface area contributed by atoms with E-state index in [2.05, 4.69) is 4.98 Å². The number of pyridine rings is 1. The van der Waals surface area contributed by atoms with Crippen LogP contribution < -0.4 is 4.74 Å². The first kappa shape index (κ1) is 15.1. The molecule has 0 saturated carbocycles. The van der Waals surface area contributed by atoms with Crippen molar-refractivity contribution in [2.24, 2.45) is 0 Å². The van der Waals surface area contributed by atoms with Gasteiger partial charge in [0.2, 0.25) is 0 Å². The number of hydrogen-bond donors (Lipinski definition) is 2. The van der Waals surface area contributed by atoms with Crippen LogP contribution in [0.3, 0.4) is 0 Å². The van der Waals surface area contributed by atoms with Crippen molar-refractivity contribution in [1.82, 2.24) is 4.98 Å². The minimum atomic E-state index is -0.410. The lowest BCUT2D eigenvalue weighted by atomic mass is 10.00. The Kier molecular flexibility index (Phi) is 4.04. The molecule has 2 aromatic carbocycles. The molecule has 0 spiro atoms. The molecule has 3 aromatic rings. The summed E-state index contributed by atoms with van der Waals surface area (Å²) in [6.45, 7) is 0. The Morgan fingerprint density at radius 3 is 2.39 bits per heavy atom. The van der Waals surface area contributed by atoms with Gasteiger partial charge in [0.05, 0.1) is 12.8 Å². The van der Waals surface area contributed by atoms with Crippen LogP contribution in [0.2, 0.25) is 0 Å². The van der Waals surface area contributed by atoms with Crippen LogP contribution in [0, 0.1) is 0 Å². The number of aromatic nitrogens is 1. The summed E-state index contributed by atoms with van der Waals surface area (Å²) in [5.41, 5.74) is 1.55. The summed E-state index contributed by atoms with van der Waals surface area (Å²) in [6, 6.07) is 12.0. The normalized spacial score (nSPS) is 12.3. The zero-order chi connectivity index (χ0) is 16.4. The van der Waals surface area contributed by atoms with E-state index in [0.29, 0.717) is 11.4 Å². The predicted octanol–water partition coefficient (Wildman–Crippen LogP) is 3.39. The summed E-state index contributed by atoms with van der Waals surface area (Å²) >= 11 is 0. The number of phenolic OH excluding ortho intramolecular Hbond substituents is 2. The molecule has 0 bridgehead atoms. The number of fused-ring (bicyclic) bond motifs is 1. The van der Waals surface area contributed by atoms with Gasteiger partial charge in [-0.25, -0.2) is 0 Å². The van der Waals surface area contributed by atoms with Crippen LogP contribution in [-0.4, -0.2) is 29.4 Å². The molecule has 1 atom stereocenters. The van der Waals surface area contributed by atoms with Crippen molar-refractivity contribution in [2.45, 2.75) is 6.10 Å². The Morgan fingerprint density at radius 2 is 1.74 bits per heavy atom. The Labute approximate surface area is 133 Å². The highest BCUT2D eigenvalue weighted by atomic mass is 16.5. The Bertz CT molecular complexity index is 830. The number of nitrogens with zero attached hydrogens (tertiary/aromatic N) is 1. The van der Waals surface area contributed by atoms with Crippen LogP contribution in [0.1, 0.15) is 17.4 Å². The zero-order valence-corrected chi connectivity index (χ0v) is 12.9. The number of hydrogen-bond acceptors (Lipinski definition) is 5. The van der Waals surface area contributed by atoms with E-state index in [9.17, 15) is 10.2 Å². The van der Waals surface area contributed by atoms with Crippen LogP contribution >= 0.6 is 0 Å². The maximum atomic E-state index is 10.1. The summed E-state index contributed by atoms with van der Waals surface area (Å²) in [7, 11) is 3.11. The predicted molar refractivity (Wildman–Crippen MR) is 86.9 cm³/mol. The molecule has 0 radical (unpaired) electrons. The summed E-state index contributed by atoms with van der Waals surface area (Å²) in [5.74, 6) is 0.653. The summed E-state index contributed by atoms with van der Waals surface area (Å²) in [6.07, 6.45) is 1.28. The van der Waals surface area contributed by atoms with E-state index in [1.165, 1.54) is 7.11 Å². The lowest BCUT2D eigenvalue weighted by molar-refractivity contribution is 0.134. The van der Waals surface area contributed by atoms with E-state index < -0.39 is 6.10 Å². The monoisotopic (exact) mass is 311 g/mol. The third-order valence-corrected chi connectivity index (χ3v) is 3.77. The fourth-order valence-corrected chi connectivity index (χ4v) is 2.64. The number of methoxy groups -OCH3 is 2. The molecule has 5 heteroatoms. The van der Waals surface area contributed by atoms with Gasteiger partial charge in [-0.05, 0) is 41.3 Å². The van der Waals surface area contributed by atoms with Crippen LogP contribution in [0.5, 0.6) is 17.2 Å². The largest absolute Gasteiger partial charge is 0.508 e. The van der Waals surface area contributed by atoms with E-state index in [4.69, 9.17) is 9.47 Å². The molecule has 0 aliphatic heterocycles. The quantitative estimate of drug-likeness (QED) is 0.773. The fourth-order valence-electron chi connectivity index (χ4n) is 2.64. The molecule has 0 aliphatic rings. The van der Waals surface area contributed by atoms with Crippen molar-refractivity contribution in [3.05, 3.63) is 59.9 Å². The SMILES string of the molecule is COc1cc2ccnc(C(OC)c3ccc(O)cc3)c2cc1O. The molecule has 0 aliphatic carbocycles. The van der Waals surface area contributed by atoms with Gasteiger partial charge in [-0.1, -0.05) is 12.1 Å². The molecular formula is C18H17NO4. The topological polar surface area (TPSA) is 71.8 Å². The zero-order valence-electron chi connectivity index (χ0n) is 12.9. The van der Waals surface area contributed by atoms with Gasteiger partial charge in [0, 0.05) is 18.7 Å². The Balaban J connectivity index is 2.17. The summed E-state index contributed by atoms with van der Waals surface area (Å²) in [4.78, 5) is 4.43. The van der Waals surface area contributed by atoms with Crippen molar-refractivity contribution in [3.8, 4) is 17.2 Å². The van der Waals surface area contributed by atoms with Crippen LogP contribution in [-0.2, 0) is 4.74 Å². The number of aromatic hydroxyl groups is 2. The molecule has 0 fully saturated rings.